The number of H-pyrrole nitrogens is 1. The van der Waals surface area contributed by atoms with Crippen molar-refractivity contribution in [3.05, 3.63) is 36.0 Å². The first-order chi connectivity index (χ1) is 16.8. The van der Waals surface area contributed by atoms with E-state index in [0.717, 1.165) is 29.3 Å². The summed E-state index contributed by atoms with van der Waals surface area (Å²) < 4.78 is 0. The summed E-state index contributed by atoms with van der Waals surface area (Å²) in [5.41, 5.74) is 18.2. The highest BCUT2D eigenvalue weighted by Crippen LogP contribution is 2.18. The highest BCUT2D eigenvalue weighted by Gasteiger charge is 2.23. The molecule has 2 atom stereocenters. The van der Waals surface area contributed by atoms with Crippen molar-refractivity contribution in [1.29, 1.82) is 0 Å². The van der Waals surface area contributed by atoms with E-state index in [1.165, 1.54) is 0 Å². The molecule has 1 aromatic heterocycles. The van der Waals surface area contributed by atoms with Crippen molar-refractivity contribution in [2.75, 3.05) is 19.6 Å². The standard InChI is InChI=1S/C24H37N7O4/c25-10-6-8-18(26)23(34)28-11-4-1-5-12-29-24(35)20(14-21(27)32)31-22(33)13-16-15-30-19-9-3-2-7-17(16)19/h2-3,7,9,15,18,20,30H,1,4-6,8,10-14,25-26H2,(H2,27,32)(H,28,34)(H,29,35)(H,31,33). The Balaban J connectivity index is 1.71. The van der Waals surface area contributed by atoms with Gasteiger partial charge in [0.1, 0.15) is 6.04 Å². The molecule has 4 amide bonds. The lowest BCUT2D eigenvalue weighted by molar-refractivity contribution is -0.131. The van der Waals surface area contributed by atoms with Gasteiger partial charge in [-0.3, -0.25) is 19.2 Å². The molecule has 0 aliphatic rings. The number of nitrogens with one attached hydrogen (secondary N) is 4. The second-order valence-corrected chi connectivity index (χ2v) is 8.51. The number of fused-ring (bicyclic) bond motifs is 1. The third-order valence-corrected chi connectivity index (χ3v) is 5.59. The molecule has 2 rings (SSSR count). The van der Waals surface area contributed by atoms with Crippen molar-refractivity contribution in [1.82, 2.24) is 20.9 Å². The fourth-order valence-corrected chi connectivity index (χ4v) is 3.68. The number of hydrogen-bond donors (Lipinski definition) is 7. The minimum atomic E-state index is -1.04. The molecule has 1 aromatic carbocycles. The van der Waals surface area contributed by atoms with Crippen LogP contribution in [0.2, 0.25) is 0 Å². The van der Waals surface area contributed by atoms with Crippen molar-refractivity contribution in [2.45, 2.75) is 57.0 Å². The Morgan fingerprint density at radius 3 is 2.31 bits per heavy atom. The van der Waals surface area contributed by atoms with Gasteiger partial charge in [-0.2, -0.15) is 0 Å². The molecule has 0 bridgehead atoms. The average Bonchev–Trinajstić information content (AvgIpc) is 3.23. The van der Waals surface area contributed by atoms with Crippen LogP contribution in [0.15, 0.2) is 30.5 Å². The van der Waals surface area contributed by atoms with Gasteiger partial charge in [-0.05, 0) is 50.3 Å². The van der Waals surface area contributed by atoms with Gasteiger partial charge >= 0.3 is 0 Å². The maximum atomic E-state index is 12.6. The lowest BCUT2D eigenvalue weighted by Gasteiger charge is -2.17. The van der Waals surface area contributed by atoms with Crippen LogP contribution in [0.3, 0.4) is 0 Å². The van der Waals surface area contributed by atoms with Crippen LogP contribution in [0, 0.1) is 0 Å². The summed E-state index contributed by atoms with van der Waals surface area (Å²) in [6.45, 7) is 1.37. The van der Waals surface area contributed by atoms with E-state index in [4.69, 9.17) is 17.2 Å². The molecule has 0 saturated heterocycles. The minimum absolute atomic E-state index is 0.0636. The van der Waals surface area contributed by atoms with Gasteiger partial charge in [0, 0.05) is 30.2 Å². The number of aromatic amines is 1. The molecule has 10 N–H and O–H groups in total. The second kappa shape index (κ2) is 14.7. The molecule has 2 aromatic rings. The van der Waals surface area contributed by atoms with Crippen LogP contribution >= 0.6 is 0 Å². The first-order valence-electron chi connectivity index (χ1n) is 12.0. The average molecular weight is 488 g/mol. The van der Waals surface area contributed by atoms with Crippen molar-refractivity contribution in [3.8, 4) is 0 Å². The topological polar surface area (TPSA) is 198 Å². The monoisotopic (exact) mass is 487 g/mol. The Morgan fingerprint density at radius 2 is 1.63 bits per heavy atom. The normalized spacial score (nSPS) is 12.6. The molecular formula is C24H37N7O4. The third kappa shape index (κ3) is 9.75. The van der Waals surface area contributed by atoms with E-state index in [9.17, 15) is 19.2 Å². The van der Waals surface area contributed by atoms with Gasteiger partial charge in [0.15, 0.2) is 0 Å². The molecule has 0 aliphatic carbocycles. The number of carbonyl (C=O) groups excluding carboxylic acids is 4. The Labute approximate surface area is 204 Å². The zero-order valence-corrected chi connectivity index (χ0v) is 20.0. The highest BCUT2D eigenvalue weighted by molar-refractivity contribution is 5.94. The first kappa shape index (κ1) is 27.8. The fraction of sp³-hybridized carbons (Fsp3) is 0.500. The Hall–Kier alpha value is -3.44. The number of benzene rings is 1. The summed E-state index contributed by atoms with van der Waals surface area (Å²) in [7, 11) is 0. The van der Waals surface area contributed by atoms with Crippen LogP contribution in [0.5, 0.6) is 0 Å². The van der Waals surface area contributed by atoms with Crippen LogP contribution in [-0.4, -0.2) is 60.3 Å². The van der Waals surface area contributed by atoms with Crippen molar-refractivity contribution < 1.29 is 19.2 Å². The lowest BCUT2D eigenvalue weighted by Crippen LogP contribution is -2.49. The number of aromatic nitrogens is 1. The van der Waals surface area contributed by atoms with E-state index >= 15 is 0 Å². The number of primary amides is 1. The van der Waals surface area contributed by atoms with Gasteiger partial charge in [-0.1, -0.05) is 18.2 Å². The van der Waals surface area contributed by atoms with Crippen LogP contribution in [0.4, 0.5) is 0 Å². The number of hydrogen-bond acceptors (Lipinski definition) is 6. The predicted octanol–water partition coefficient (Wildman–Crippen LogP) is -0.460. The van der Waals surface area contributed by atoms with Gasteiger partial charge < -0.3 is 38.1 Å². The maximum absolute atomic E-state index is 12.6. The summed E-state index contributed by atoms with van der Waals surface area (Å²) in [6.07, 6.45) is 4.96. The highest BCUT2D eigenvalue weighted by atomic mass is 16.2. The zero-order chi connectivity index (χ0) is 25.6. The van der Waals surface area contributed by atoms with Gasteiger partial charge in [0.05, 0.1) is 18.9 Å². The maximum Gasteiger partial charge on any atom is 0.243 e. The lowest BCUT2D eigenvalue weighted by atomic mass is 10.1. The SMILES string of the molecule is NCCCC(N)C(=O)NCCCCCNC(=O)C(CC(N)=O)NC(=O)Cc1c[nH]c2ccccc12. The smallest absolute Gasteiger partial charge is 0.243 e. The quantitative estimate of drug-likeness (QED) is 0.156. The van der Waals surface area contributed by atoms with Crippen LogP contribution in [0.1, 0.15) is 44.1 Å². The van der Waals surface area contributed by atoms with Gasteiger partial charge in [0.2, 0.25) is 23.6 Å². The summed E-state index contributed by atoms with van der Waals surface area (Å²) in [4.78, 5) is 51.5. The number of amides is 4. The van der Waals surface area contributed by atoms with Crippen LogP contribution in [0.25, 0.3) is 10.9 Å². The predicted molar refractivity (Wildman–Crippen MR) is 134 cm³/mol. The number of para-hydroxylation sites is 1. The molecule has 11 heteroatoms. The molecule has 192 valence electrons. The summed E-state index contributed by atoms with van der Waals surface area (Å²) >= 11 is 0. The van der Waals surface area contributed by atoms with E-state index in [2.05, 4.69) is 20.9 Å². The number of rotatable bonds is 16. The number of nitrogens with two attached hydrogens (primary N) is 3. The summed E-state index contributed by atoms with van der Waals surface area (Å²) in [6, 6.07) is 6.00. The number of unbranched alkanes of at least 4 members (excludes halogenated alkanes) is 2. The largest absolute Gasteiger partial charge is 0.370 e. The Bertz CT molecular complexity index is 991. The van der Waals surface area contributed by atoms with E-state index in [1.54, 1.807) is 6.20 Å². The van der Waals surface area contributed by atoms with Gasteiger partial charge in [0.25, 0.3) is 0 Å². The minimum Gasteiger partial charge on any atom is -0.370 e. The molecule has 0 fully saturated rings. The molecule has 0 radical (unpaired) electrons. The van der Waals surface area contributed by atoms with Crippen LogP contribution in [-0.2, 0) is 25.6 Å². The zero-order valence-electron chi connectivity index (χ0n) is 20.0. The Morgan fingerprint density at radius 1 is 0.943 bits per heavy atom. The summed E-state index contributed by atoms with van der Waals surface area (Å²) in [5, 5.41) is 9.06. The molecule has 0 aliphatic heterocycles. The molecule has 1 heterocycles. The summed E-state index contributed by atoms with van der Waals surface area (Å²) in [5.74, 6) is -1.71. The van der Waals surface area contributed by atoms with E-state index < -0.39 is 23.9 Å². The van der Waals surface area contributed by atoms with Crippen LogP contribution < -0.4 is 33.2 Å². The Kier molecular flexibility index (Phi) is 11.7. The van der Waals surface area contributed by atoms with E-state index in [0.29, 0.717) is 38.9 Å². The van der Waals surface area contributed by atoms with Crippen molar-refractivity contribution in [2.24, 2.45) is 17.2 Å². The molecule has 0 spiro atoms. The van der Waals surface area contributed by atoms with E-state index in [1.807, 2.05) is 24.3 Å². The number of carbonyl (C=O) groups is 4. The molecule has 35 heavy (non-hydrogen) atoms. The fourth-order valence-electron chi connectivity index (χ4n) is 3.68. The molecule has 2 unspecified atom stereocenters. The molecular weight excluding hydrogens is 450 g/mol. The second-order valence-electron chi connectivity index (χ2n) is 8.51. The molecule has 11 nitrogen and oxygen atoms in total. The molecule has 0 saturated carbocycles. The van der Waals surface area contributed by atoms with Gasteiger partial charge in [-0.25, -0.2) is 0 Å². The van der Waals surface area contributed by atoms with E-state index in [-0.39, 0.29) is 24.7 Å². The van der Waals surface area contributed by atoms with Gasteiger partial charge in [-0.15, -0.1) is 0 Å². The first-order valence-corrected chi connectivity index (χ1v) is 12.0. The van der Waals surface area contributed by atoms with Crippen molar-refractivity contribution >= 4 is 34.5 Å². The third-order valence-electron chi connectivity index (χ3n) is 5.59. The van der Waals surface area contributed by atoms with Crippen molar-refractivity contribution in [3.63, 3.8) is 0 Å².